The molecule has 5 fully saturated rings. The first-order chi connectivity index (χ1) is 29.7. The summed E-state index contributed by atoms with van der Waals surface area (Å²) in [5.41, 5.74) is 0.555. The van der Waals surface area contributed by atoms with Crippen LogP contribution >= 0.6 is 0 Å². The average molecular weight is 875 g/mol. The van der Waals surface area contributed by atoms with Crippen LogP contribution in [0, 0.1) is 5.82 Å². The second-order valence-electron chi connectivity index (χ2n) is 17.9. The molecule has 4 aromatic rings. The Morgan fingerprint density at radius 1 is 1.05 bits per heavy atom. The number of hydrogen-bond donors (Lipinski definition) is 3. The van der Waals surface area contributed by atoms with Crippen molar-refractivity contribution in [2.24, 2.45) is 7.05 Å². The number of likely N-dealkylation sites (N-methyl/N-ethyl adjacent to an activating group) is 1. The molecule has 6 aliphatic rings. The van der Waals surface area contributed by atoms with Crippen LogP contribution in [0.25, 0.3) is 11.0 Å². The first-order valence-corrected chi connectivity index (χ1v) is 23.0. The van der Waals surface area contributed by atoms with Crippen LogP contribution in [0.15, 0.2) is 40.4 Å². The van der Waals surface area contributed by atoms with Gasteiger partial charge in [-0.1, -0.05) is 0 Å². The van der Waals surface area contributed by atoms with E-state index in [0.717, 1.165) is 37.7 Å². The topological polar surface area (TPSA) is 213 Å². The van der Waals surface area contributed by atoms with E-state index >= 15 is 4.39 Å². The van der Waals surface area contributed by atoms with Gasteiger partial charge < -0.3 is 15.3 Å². The summed E-state index contributed by atoms with van der Waals surface area (Å²) in [5.74, 6) is -0.401. The third-order valence-corrected chi connectivity index (χ3v) is 16.0. The summed E-state index contributed by atoms with van der Waals surface area (Å²) in [6, 6.07) is 2.32. The van der Waals surface area contributed by atoms with Crippen molar-refractivity contribution in [3.05, 3.63) is 52.6 Å². The SMILES string of the molecule is CN(CCn1cc(S(=O)(=O)N2CCC(Nc3ncc4c(n3)N(C3CCC[C@@H](O)C3)C(=O)C43CC3)CC2)cn1)C1CN(c2ccc3c(c2F)n(C)c(=O)n3C2CCC(=O)NC2=O)C1. The fraction of sp³-hybridized carbons (Fsp3) is 0.585. The van der Waals surface area contributed by atoms with E-state index in [2.05, 4.69) is 25.6 Å². The van der Waals surface area contributed by atoms with E-state index in [1.165, 1.54) is 26.7 Å². The monoisotopic (exact) mass is 874 g/mol. The van der Waals surface area contributed by atoms with Crippen LogP contribution in [0.1, 0.15) is 75.8 Å². The zero-order valence-electron chi connectivity index (χ0n) is 34.7. The number of nitrogens with zero attached hydrogens (tertiary/aromatic N) is 10. The van der Waals surface area contributed by atoms with Gasteiger partial charge >= 0.3 is 5.69 Å². The van der Waals surface area contributed by atoms with E-state index in [9.17, 15) is 32.7 Å². The van der Waals surface area contributed by atoms with Gasteiger partial charge in [-0.2, -0.15) is 14.4 Å². The number of carbonyl (C=O) groups is 3. The van der Waals surface area contributed by atoms with Gasteiger partial charge in [0.15, 0.2) is 5.82 Å². The summed E-state index contributed by atoms with van der Waals surface area (Å²) in [7, 11) is -0.362. The number of imide groups is 1. The van der Waals surface area contributed by atoms with Crippen LogP contribution in [0.5, 0.6) is 0 Å². The lowest BCUT2D eigenvalue weighted by atomic mass is 9.92. The number of halogens is 1. The largest absolute Gasteiger partial charge is 0.393 e. The van der Waals surface area contributed by atoms with Gasteiger partial charge in [0.2, 0.25) is 33.7 Å². The minimum Gasteiger partial charge on any atom is -0.393 e. The molecular formula is C41H51FN12O7S. The van der Waals surface area contributed by atoms with Gasteiger partial charge in [-0.25, -0.2) is 22.6 Å². The number of aryl methyl sites for hydroxylation is 1. The van der Waals surface area contributed by atoms with Crippen molar-refractivity contribution >= 4 is 56.2 Å². The Balaban J connectivity index is 0.721. The summed E-state index contributed by atoms with van der Waals surface area (Å²) >= 11 is 0. The smallest absolute Gasteiger partial charge is 0.329 e. The number of nitrogens with one attached hydrogen (secondary N) is 2. The van der Waals surface area contributed by atoms with Gasteiger partial charge in [-0.3, -0.25) is 43.3 Å². The molecule has 2 saturated carbocycles. The number of sulfonamides is 1. The summed E-state index contributed by atoms with van der Waals surface area (Å²) < 4.78 is 49.0. The quantitative estimate of drug-likeness (QED) is 0.181. The Labute approximate surface area is 356 Å². The molecule has 7 heterocycles. The van der Waals surface area contributed by atoms with Gasteiger partial charge in [0.1, 0.15) is 22.3 Å². The number of aromatic nitrogens is 6. The Kier molecular flexibility index (Phi) is 10.0. The highest BCUT2D eigenvalue weighted by molar-refractivity contribution is 7.89. The highest BCUT2D eigenvalue weighted by atomic mass is 32.2. The lowest BCUT2D eigenvalue weighted by molar-refractivity contribution is -0.135. The normalized spacial score (nSPS) is 24.6. The van der Waals surface area contributed by atoms with Crippen LogP contribution < -0.4 is 26.1 Å². The second-order valence-corrected chi connectivity index (χ2v) is 19.8. The molecule has 3 saturated heterocycles. The fourth-order valence-electron chi connectivity index (χ4n) is 10.2. The first-order valence-electron chi connectivity index (χ1n) is 21.6. The fourth-order valence-corrected chi connectivity index (χ4v) is 11.6. The number of piperidine rings is 2. The number of hydrogen-bond acceptors (Lipinski definition) is 13. The van der Waals surface area contributed by atoms with E-state index in [0.29, 0.717) is 81.5 Å². The minimum atomic E-state index is -3.79. The zero-order valence-corrected chi connectivity index (χ0v) is 35.6. The second kappa shape index (κ2) is 15.2. The molecule has 1 aromatic carbocycles. The molecule has 0 bridgehead atoms. The first kappa shape index (κ1) is 40.8. The van der Waals surface area contributed by atoms with Crippen LogP contribution in [0.3, 0.4) is 0 Å². The Bertz CT molecular complexity index is 2650. The summed E-state index contributed by atoms with van der Waals surface area (Å²) in [6.07, 6.45) is 10.2. The number of rotatable bonds is 11. The molecule has 3 atom stereocenters. The van der Waals surface area contributed by atoms with E-state index in [-0.39, 0.29) is 47.3 Å². The number of anilines is 3. The Morgan fingerprint density at radius 2 is 1.82 bits per heavy atom. The molecule has 3 aromatic heterocycles. The zero-order chi connectivity index (χ0) is 43.2. The van der Waals surface area contributed by atoms with Crippen molar-refractivity contribution in [3.8, 4) is 0 Å². The van der Waals surface area contributed by atoms with Gasteiger partial charge in [0, 0.05) is 82.3 Å². The van der Waals surface area contributed by atoms with Crippen molar-refractivity contribution in [2.45, 2.75) is 111 Å². The van der Waals surface area contributed by atoms with Gasteiger partial charge in [0.05, 0.1) is 35.5 Å². The number of aliphatic hydroxyl groups excluding tert-OH is 1. The molecule has 19 nitrogen and oxygen atoms in total. The number of imidazole rings is 1. The van der Waals surface area contributed by atoms with E-state index in [1.54, 1.807) is 29.2 Å². The van der Waals surface area contributed by atoms with Gasteiger partial charge in [0.25, 0.3) is 0 Å². The van der Waals surface area contributed by atoms with Crippen LogP contribution in [0.4, 0.5) is 21.8 Å². The standard InChI is InChI=1S/C41H51FN12O7S/c1-48(26-21-50(22-26)30-6-7-31-35(34(30)42)49(2)40(59)54(31)32-8-9-33(56)46-37(32)57)16-17-51-23-28(19-44-51)62(60,61)52-14-10-24(11-15-52)45-39-43-20-29-36(47-39)53(38(58)41(29)12-13-41)25-4-3-5-27(55)18-25/h6-7,19-20,23-27,32,55H,3-5,8-18,21-22H2,1-2H3,(H,43,45,47)(H,46,56,57)/t25?,27-,32?/m1/s1. The maximum Gasteiger partial charge on any atom is 0.329 e. The van der Waals surface area contributed by atoms with Crippen molar-refractivity contribution in [1.82, 2.24) is 43.4 Å². The van der Waals surface area contributed by atoms with Crippen molar-refractivity contribution in [1.29, 1.82) is 0 Å². The minimum absolute atomic E-state index is 0.0581. The highest BCUT2D eigenvalue weighted by Crippen LogP contribution is 2.57. The number of carbonyl (C=O) groups excluding carboxylic acids is 3. The Hall–Kier alpha value is -5.25. The van der Waals surface area contributed by atoms with Crippen LogP contribution in [-0.4, -0.2) is 133 Å². The van der Waals surface area contributed by atoms with E-state index in [1.807, 2.05) is 16.8 Å². The molecule has 3 amide bonds. The molecule has 2 unspecified atom stereocenters. The van der Waals surface area contributed by atoms with Crippen molar-refractivity contribution in [3.63, 3.8) is 0 Å². The lowest BCUT2D eigenvalue weighted by Gasteiger charge is -2.45. The molecular weight excluding hydrogens is 824 g/mol. The number of fused-ring (bicyclic) bond motifs is 3. The molecule has 10 rings (SSSR count). The van der Waals surface area contributed by atoms with Crippen molar-refractivity contribution < 1.29 is 32.3 Å². The van der Waals surface area contributed by atoms with Crippen molar-refractivity contribution in [2.75, 3.05) is 54.9 Å². The number of benzene rings is 1. The highest BCUT2D eigenvalue weighted by Gasteiger charge is 2.61. The molecule has 1 spiro atoms. The molecule has 4 aliphatic heterocycles. The third-order valence-electron chi connectivity index (χ3n) is 14.1. The Morgan fingerprint density at radius 3 is 2.55 bits per heavy atom. The predicted octanol–water partition coefficient (Wildman–Crippen LogP) is 1.21. The number of amides is 3. The van der Waals surface area contributed by atoms with E-state index < -0.39 is 50.9 Å². The maximum atomic E-state index is 16.0. The maximum absolute atomic E-state index is 16.0. The summed E-state index contributed by atoms with van der Waals surface area (Å²) in [4.78, 5) is 66.4. The average Bonchev–Trinajstić information content (AvgIpc) is 3.72. The third kappa shape index (κ3) is 6.78. The molecule has 2 aliphatic carbocycles. The van der Waals surface area contributed by atoms with Gasteiger partial charge in [-0.15, -0.1) is 0 Å². The summed E-state index contributed by atoms with van der Waals surface area (Å²) in [5, 5.41) is 20.4. The molecule has 3 N–H and O–H groups in total. The predicted molar refractivity (Wildman–Crippen MR) is 224 cm³/mol. The molecule has 330 valence electrons. The van der Waals surface area contributed by atoms with Crippen LogP contribution in [0.2, 0.25) is 0 Å². The van der Waals surface area contributed by atoms with Gasteiger partial charge in [-0.05, 0) is 77.0 Å². The molecule has 62 heavy (non-hydrogen) atoms. The lowest BCUT2D eigenvalue weighted by Crippen LogP contribution is -2.59. The summed E-state index contributed by atoms with van der Waals surface area (Å²) in [6.45, 7) is 2.69. The van der Waals surface area contributed by atoms with E-state index in [4.69, 9.17) is 4.98 Å². The molecule has 21 heteroatoms. The molecule has 0 radical (unpaired) electrons. The van der Waals surface area contributed by atoms with Crippen LogP contribution in [-0.2, 0) is 43.4 Å². The number of aliphatic hydroxyl groups is 1.